The van der Waals surface area contributed by atoms with Crippen LogP contribution in [0.25, 0.3) is 0 Å². The zero-order valence-corrected chi connectivity index (χ0v) is 22.6. The van der Waals surface area contributed by atoms with E-state index in [1.807, 2.05) is 0 Å². The van der Waals surface area contributed by atoms with Gasteiger partial charge in [0.25, 0.3) is 0 Å². The third-order valence-corrected chi connectivity index (χ3v) is 7.31. The lowest BCUT2D eigenvalue weighted by molar-refractivity contribution is -0.140. The molecule has 0 saturated carbocycles. The van der Waals surface area contributed by atoms with Crippen LogP contribution in [0.2, 0.25) is 0 Å². The summed E-state index contributed by atoms with van der Waals surface area (Å²) in [4.78, 5) is 1.31. The highest BCUT2D eigenvalue weighted by Crippen LogP contribution is 2.33. The summed E-state index contributed by atoms with van der Waals surface area (Å²) in [6, 6.07) is 10.9. The van der Waals surface area contributed by atoms with Crippen LogP contribution >= 0.6 is 0 Å². The van der Waals surface area contributed by atoms with Gasteiger partial charge in [-0.05, 0) is 49.6 Å². The lowest BCUT2D eigenvalue weighted by Gasteiger charge is -2.24. The first kappa shape index (κ1) is 31.4. The second-order valence-electron chi connectivity index (χ2n) is 9.40. The molecule has 0 bridgehead atoms. The summed E-state index contributed by atoms with van der Waals surface area (Å²) in [6.45, 7) is 1.62. The molecule has 0 heterocycles. The van der Waals surface area contributed by atoms with Crippen molar-refractivity contribution >= 4 is 9.84 Å². The third kappa shape index (κ3) is 8.45. The zero-order valence-electron chi connectivity index (χ0n) is 21.8. The Bertz CT molecular complexity index is 1410. The molecular weight excluding hydrogens is 560 g/mol. The largest absolute Gasteiger partial charge is 0.493 e. The summed E-state index contributed by atoms with van der Waals surface area (Å²) in [7, 11) is -3.88. The maximum Gasteiger partial charge on any atom is 0.419 e. The zero-order chi connectivity index (χ0) is 29.7. The minimum atomic E-state index is -4.85. The van der Waals surface area contributed by atoms with E-state index in [9.17, 15) is 39.9 Å². The Hall–Kier alpha value is -3.09. The third-order valence-electron chi connectivity index (χ3n) is 6.18. The van der Waals surface area contributed by atoms with E-state index >= 15 is 0 Å². The lowest BCUT2D eigenvalue weighted by atomic mass is 10.1. The van der Waals surface area contributed by atoms with Crippen LogP contribution in [0.1, 0.15) is 41.7 Å². The Morgan fingerprint density at radius 2 is 1.68 bits per heavy atom. The van der Waals surface area contributed by atoms with Gasteiger partial charge in [0.05, 0.1) is 23.2 Å². The molecule has 1 unspecified atom stereocenters. The molecule has 0 aromatic heterocycles. The molecule has 3 aromatic rings. The average Bonchev–Trinajstić information content (AvgIpc) is 2.85. The molecule has 0 radical (unpaired) electrons. The molecule has 0 fully saturated rings. The first-order valence-electron chi connectivity index (χ1n) is 12.3. The molecular formula is C28H29F6NO4S. The van der Waals surface area contributed by atoms with Crippen LogP contribution in [-0.2, 0) is 29.0 Å². The Kier molecular flexibility index (Phi) is 10.3. The highest BCUT2D eigenvalue weighted by Gasteiger charge is 2.35. The summed E-state index contributed by atoms with van der Waals surface area (Å²) in [5.74, 6) is -2.81. The fraction of sp³-hybridized carbons (Fsp3) is 0.357. The Labute approximate surface area is 228 Å². The van der Waals surface area contributed by atoms with Crippen LogP contribution in [0.3, 0.4) is 0 Å². The molecule has 40 heavy (non-hydrogen) atoms. The van der Waals surface area contributed by atoms with Gasteiger partial charge in [-0.1, -0.05) is 24.3 Å². The summed E-state index contributed by atoms with van der Waals surface area (Å²) in [5, 5.41) is 9.81. The smallest absolute Gasteiger partial charge is 0.419 e. The van der Waals surface area contributed by atoms with E-state index in [0.29, 0.717) is 19.0 Å². The first-order valence-corrected chi connectivity index (χ1v) is 14.2. The lowest BCUT2D eigenvalue weighted by Crippen LogP contribution is -2.28. The highest BCUT2D eigenvalue weighted by atomic mass is 32.2. The van der Waals surface area contributed by atoms with Crippen molar-refractivity contribution in [2.45, 2.75) is 43.5 Å². The van der Waals surface area contributed by atoms with Gasteiger partial charge < -0.3 is 9.84 Å². The van der Waals surface area contributed by atoms with Crippen molar-refractivity contribution < 1.29 is 44.6 Å². The molecule has 5 nitrogen and oxygen atoms in total. The number of sulfone groups is 1. The molecule has 218 valence electrons. The van der Waals surface area contributed by atoms with Crippen LogP contribution < -0.4 is 4.74 Å². The molecule has 0 aliphatic carbocycles. The van der Waals surface area contributed by atoms with Crippen LogP contribution in [0, 0.1) is 17.5 Å². The average molecular weight is 590 g/mol. The van der Waals surface area contributed by atoms with Crippen molar-refractivity contribution in [3.05, 3.63) is 94.3 Å². The fourth-order valence-electron chi connectivity index (χ4n) is 4.21. The van der Waals surface area contributed by atoms with Gasteiger partial charge in [-0.15, -0.1) is 0 Å². The van der Waals surface area contributed by atoms with Crippen molar-refractivity contribution in [2.75, 3.05) is 26.0 Å². The van der Waals surface area contributed by atoms with E-state index < -0.39 is 50.0 Å². The van der Waals surface area contributed by atoms with Gasteiger partial charge in [-0.25, -0.2) is 21.6 Å². The molecule has 0 amide bonds. The summed E-state index contributed by atoms with van der Waals surface area (Å²) in [6.07, 6.45) is -4.66. The Morgan fingerprint density at radius 1 is 1.00 bits per heavy atom. The van der Waals surface area contributed by atoms with E-state index in [4.69, 9.17) is 4.74 Å². The molecule has 1 atom stereocenters. The van der Waals surface area contributed by atoms with Gasteiger partial charge in [0.2, 0.25) is 0 Å². The van der Waals surface area contributed by atoms with E-state index in [1.165, 1.54) is 25.1 Å². The van der Waals surface area contributed by atoms with Gasteiger partial charge >= 0.3 is 6.18 Å². The van der Waals surface area contributed by atoms with Crippen LogP contribution in [-0.4, -0.2) is 44.4 Å². The molecule has 12 heteroatoms. The van der Waals surface area contributed by atoms with Gasteiger partial charge in [0.15, 0.2) is 9.84 Å². The number of aliphatic hydroxyl groups excluding tert-OH is 1. The van der Waals surface area contributed by atoms with E-state index in [0.717, 1.165) is 30.0 Å². The molecule has 0 spiro atoms. The van der Waals surface area contributed by atoms with Gasteiger partial charge in [0.1, 0.15) is 23.2 Å². The molecule has 3 rings (SSSR count). The second-order valence-corrected chi connectivity index (χ2v) is 11.4. The maximum atomic E-state index is 14.7. The molecule has 0 aliphatic rings. The van der Waals surface area contributed by atoms with E-state index in [-0.39, 0.29) is 43.0 Å². The summed E-state index contributed by atoms with van der Waals surface area (Å²) in [5.41, 5.74) is -1.11. The van der Waals surface area contributed by atoms with Gasteiger partial charge in [0, 0.05) is 43.1 Å². The Morgan fingerprint density at radius 3 is 2.27 bits per heavy atom. The summed E-state index contributed by atoms with van der Waals surface area (Å²) < 4.78 is 112. The number of hydrogen-bond acceptors (Lipinski definition) is 5. The Balaban J connectivity index is 1.73. The number of aliphatic hydroxyl groups is 1. The molecule has 1 N–H and O–H groups in total. The number of rotatable bonds is 12. The minimum Gasteiger partial charge on any atom is -0.493 e. The minimum absolute atomic E-state index is 0.0191. The van der Waals surface area contributed by atoms with Crippen LogP contribution in [0.15, 0.2) is 59.5 Å². The fourth-order valence-corrected chi connectivity index (χ4v) is 5.21. The van der Waals surface area contributed by atoms with Crippen molar-refractivity contribution in [1.82, 2.24) is 4.90 Å². The van der Waals surface area contributed by atoms with Gasteiger partial charge in [-0.3, -0.25) is 4.90 Å². The normalized spacial score (nSPS) is 13.1. The predicted molar refractivity (Wildman–Crippen MR) is 137 cm³/mol. The topological polar surface area (TPSA) is 66.8 Å². The second kappa shape index (κ2) is 13.0. The number of benzene rings is 3. The predicted octanol–water partition coefficient (Wildman–Crippen LogP) is 6.09. The summed E-state index contributed by atoms with van der Waals surface area (Å²) >= 11 is 0. The van der Waals surface area contributed by atoms with Gasteiger partial charge in [-0.2, -0.15) is 13.2 Å². The van der Waals surface area contributed by atoms with Crippen molar-refractivity contribution in [2.24, 2.45) is 0 Å². The number of halogens is 6. The van der Waals surface area contributed by atoms with E-state index in [2.05, 4.69) is 0 Å². The molecule has 0 aliphatic heterocycles. The van der Waals surface area contributed by atoms with Crippen molar-refractivity contribution in [3.8, 4) is 5.75 Å². The first-order chi connectivity index (χ1) is 18.7. The van der Waals surface area contributed by atoms with Crippen LogP contribution in [0.4, 0.5) is 26.3 Å². The maximum absolute atomic E-state index is 14.7. The quantitative estimate of drug-likeness (QED) is 0.205. The SMILES string of the molecule is CC(O)c1c(F)cc(OCCCN(CCc2ccc(F)cc2)Cc2cccc(C(F)(F)F)c2F)cc1S(C)(=O)=O. The highest BCUT2D eigenvalue weighted by molar-refractivity contribution is 7.90. The number of alkyl halides is 3. The monoisotopic (exact) mass is 589 g/mol. The molecule has 0 saturated heterocycles. The number of nitrogens with zero attached hydrogens (tertiary/aromatic N) is 1. The van der Waals surface area contributed by atoms with E-state index in [1.54, 1.807) is 17.0 Å². The number of hydrogen-bond donors (Lipinski definition) is 1. The van der Waals surface area contributed by atoms with Crippen LogP contribution in [0.5, 0.6) is 5.75 Å². The standard InChI is InChI=1S/C28H29F6NO4S/c1-18(36)26-24(30)15-22(16-25(26)40(2,37)38)39-14-4-12-35(13-11-19-7-9-21(29)10-8-19)17-20-5-3-6-23(27(20)31)28(32,33)34/h3,5-10,15-16,18,36H,4,11-14,17H2,1-2H3. The van der Waals surface area contributed by atoms with Crippen molar-refractivity contribution in [1.29, 1.82) is 0 Å². The number of ether oxygens (including phenoxy) is 1. The molecule has 3 aromatic carbocycles. The van der Waals surface area contributed by atoms with Crippen molar-refractivity contribution in [3.63, 3.8) is 0 Å².